The van der Waals surface area contributed by atoms with Crippen molar-refractivity contribution in [2.45, 2.75) is 26.8 Å². The third-order valence-corrected chi connectivity index (χ3v) is 3.96. The summed E-state index contributed by atoms with van der Waals surface area (Å²) in [5.74, 6) is 0.191. The van der Waals surface area contributed by atoms with Crippen LogP contribution >= 0.6 is 11.3 Å². The smallest absolute Gasteiger partial charge is 0.250 e. The van der Waals surface area contributed by atoms with E-state index in [-0.39, 0.29) is 0 Å². The van der Waals surface area contributed by atoms with Gasteiger partial charge in [-0.15, -0.1) is 11.3 Å². The number of benzene rings is 1. The molecule has 0 unspecified atom stereocenters. The number of amides is 1. The fourth-order valence-electron chi connectivity index (χ4n) is 1.97. The highest BCUT2D eigenvalue weighted by Crippen LogP contribution is 2.20. The molecule has 1 heterocycles. The van der Waals surface area contributed by atoms with Crippen molar-refractivity contribution in [3.05, 3.63) is 40.3 Å². The highest BCUT2D eigenvalue weighted by atomic mass is 32.1. The van der Waals surface area contributed by atoms with E-state index in [0.717, 1.165) is 17.1 Å². The molecule has 5 nitrogen and oxygen atoms in total. The van der Waals surface area contributed by atoms with Crippen LogP contribution in [-0.2, 0) is 17.8 Å². The molecule has 118 valence electrons. The lowest BCUT2D eigenvalue weighted by Gasteiger charge is -2.08. The molecule has 1 amide bonds. The summed E-state index contributed by atoms with van der Waals surface area (Å²) in [6, 6.07) is 7.41. The van der Waals surface area contributed by atoms with Crippen molar-refractivity contribution >= 4 is 28.6 Å². The molecule has 6 heteroatoms. The zero-order valence-corrected chi connectivity index (χ0v) is 13.6. The summed E-state index contributed by atoms with van der Waals surface area (Å²) >= 11 is 1.72. The average Bonchev–Trinajstić information content (AvgIpc) is 2.92. The number of carbonyl (C=O) groups excluding carboxylic acids is 1. The van der Waals surface area contributed by atoms with Crippen molar-refractivity contribution < 1.29 is 9.90 Å². The van der Waals surface area contributed by atoms with Gasteiger partial charge in [-0.1, -0.05) is 19.9 Å². The molecule has 0 atom stereocenters. The van der Waals surface area contributed by atoms with E-state index < -0.39 is 12.5 Å². The number of carbonyl (C=O) groups is 1. The molecule has 2 aromatic rings. The standard InChI is InChI=1S/C16H21N3O2S/c1-11(2)6-16-18-9-14(22-16)8-17-12-4-3-5-13(7-12)19-15(21)10-20/h3-5,7,9,11,17,20H,6,8,10H2,1-2H3,(H,19,21). The van der Waals surface area contributed by atoms with E-state index in [9.17, 15) is 4.79 Å². The zero-order valence-electron chi connectivity index (χ0n) is 12.8. The minimum Gasteiger partial charge on any atom is -0.387 e. The Hall–Kier alpha value is -1.92. The van der Waals surface area contributed by atoms with Crippen molar-refractivity contribution in [1.82, 2.24) is 4.98 Å². The van der Waals surface area contributed by atoms with Crippen LogP contribution in [-0.4, -0.2) is 22.6 Å². The molecule has 1 aromatic carbocycles. The SMILES string of the molecule is CC(C)Cc1ncc(CNc2cccc(NC(=O)CO)c2)s1. The second-order valence-corrected chi connectivity index (χ2v) is 6.66. The van der Waals surface area contributed by atoms with E-state index in [4.69, 9.17) is 5.11 Å². The summed E-state index contributed by atoms with van der Waals surface area (Å²) in [6.45, 7) is 4.56. The lowest BCUT2D eigenvalue weighted by molar-refractivity contribution is -0.118. The second kappa shape index (κ2) is 7.91. The normalized spacial score (nSPS) is 10.7. The molecular formula is C16H21N3O2S. The largest absolute Gasteiger partial charge is 0.387 e. The maximum Gasteiger partial charge on any atom is 0.250 e. The molecule has 1 aromatic heterocycles. The lowest BCUT2D eigenvalue weighted by atomic mass is 10.1. The lowest BCUT2D eigenvalue weighted by Crippen LogP contribution is -2.15. The highest BCUT2D eigenvalue weighted by molar-refractivity contribution is 7.11. The minimum absolute atomic E-state index is 0.419. The van der Waals surface area contributed by atoms with Crippen LogP contribution in [0.5, 0.6) is 0 Å². The summed E-state index contributed by atoms with van der Waals surface area (Å²) in [4.78, 5) is 16.8. The number of thiazole rings is 1. The van der Waals surface area contributed by atoms with Crippen LogP contribution in [0.25, 0.3) is 0 Å². The van der Waals surface area contributed by atoms with Crippen LogP contribution in [0.4, 0.5) is 11.4 Å². The molecule has 0 bridgehead atoms. The number of rotatable bonds is 7. The monoisotopic (exact) mass is 319 g/mol. The number of aromatic nitrogens is 1. The Bertz CT molecular complexity index is 625. The van der Waals surface area contributed by atoms with E-state index in [1.165, 1.54) is 4.88 Å². The van der Waals surface area contributed by atoms with E-state index in [1.54, 1.807) is 17.4 Å². The van der Waals surface area contributed by atoms with Gasteiger partial charge in [0, 0.05) is 28.9 Å². The Labute approximate surface area is 134 Å². The van der Waals surface area contributed by atoms with E-state index in [2.05, 4.69) is 29.5 Å². The van der Waals surface area contributed by atoms with Crippen molar-refractivity contribution in [3.8, 4) is 0 Å². The summed E-state index contributed by atoms with van der Waals surface area (Å²) in [5.41, 5.74) is 1.57. The van der Waals surface area contributed by atoms with Gasteiger partial charge < -0.3 is 15.7 Å². The van der Waals surface area contributed by atoms with E-state index >= 15 is 0 Å². The van der Waals surface area contributed by atoms with Gasteiger partial charge >= 0.3 is 0 Å². The molecule has 3 N–H and O–H groups in total. The molecule has 0 radical (unpaired) electrons. The van der Waals surface area contributed by atoms with Crippen LogP contribution < -0.4 is 10.6 Å². The maximum absolute atomic E-state index is 11.2. The van der Waals surface area contributed by atoms with Gasteiger partial charge in [0.25, 0.3) is 0 Å². The number of aliphatic hydroxyl groups excluding tert-OH is 1. The molecule has 0 fully saturated rings. The van der Waals surface area contributed by atoms with Gasteiger partial charge in [0.05, 0.1) is 11.6 Å². The molecule has 0 spiro atoms. The Morgan fingerprint density at radius 1 is 1.36 bits per heavy atom. The van der Waals surface area contributed by atoms with Crippen LogP contribution in [0.1, 0.15) is 23.7 Å². The zero-order chi connectivity index (χ0) is 15.9. The molecule has 0 aliphatic rings. The highest BCUT2D eigenvalue weighted by Gasteiger charge is 2.05. The quantitative estimate of drug-likeness (QED) is 0.733. The van der Waals surface area contributed by atoms with Crippen LogP contribution in [0.3, 0.4) is 0 Å². The number of aliphatic hydroxyl groups is 1. The molecule has 0 aliphatic carbocycles. The van der Waals surface area contributed by atoms with Crippen LogP contribution in [0.15, 0.2) is 30.5 Å². The van der Waals surface area contributed by atoms with E-state index in [1.807, 2.05) is 24.4 Å². The summed E-state index contributed by atoms with van der Waals surface area (Å²) < 4.78 is 0. The fraction of sp³-hybridized carbons (Fsp3) is 0.375. The molecular weight excluding hydrogens is 298 g/mol. The van der Waals surface area contributed by atoms with Gasteiger partial charge in [-0.05, 0) is 24.1 Å². The Kier molecular flexibility index (Phi) is 5.91. The number of nitrogens with one attached hydrogen (secondary N) is 2. The number of hydrogen-bond acceptors (Lipinski definition) is 5. The van der Waals surface area contributed by atoms with Crippen molar-refractivity contribution in [2.75, 3.05) is 17.2 Å². The minimum atomic E-state index is -0.517. The van der Waals surface area contributed by atoms with Crippen LogP contribution in [0.2, 0.25) is 0 Å². The molecule has 0 saturated carbocycles. The Balaban J connectivity index is 1.92. The van der Waals surface area contributed by atoms with Gasteiger partial charge in [-0.25, -0.2) is 4.98 Å². The summed E-state index contributed by atoms with van der Waals surface area (Å²) in [7, 11) is 0. The molecule has 2 rings (SSSR count). The Morgan fingerprint density at radius 3 is 2.86 bits per heavy atom. The average molecular weight is 319 g/mol. The third-order valence-electron chi connectivity index (χ3n) is 2.94. The first-order valence-electron chi connectivity index (χ1n) is 7.25. The predicted molar refractivity (Wildman–Crippen MR) is 90.1 cm³/mol. The third kappa shape index (κ3) is 5.13. The molecule has 0 aliphatic heterocycles. The molecule has 0 saturated heterocycles. The van der Waals surface area contributed by atoms with Crippen molar-refractivity contribution in [1.29, 1.82) is 0 Å². The predicted octanol–water partition coefficient (Wildman–Crippen LogP) is 2.88. The van der Waals surface area contributed by atoms with Crippen molar-refractivity contribution in [2.24, 2.45) is 5.92 Å². The van der Waals surface area contributed by atoms with Gasteiger partial charge in [-0.2, -0.15) is 0 Å². The number of hydrogen-bond donors (Lipinski definition) is 3. The van der Waals surface area contributed by atoms with E-state index in [0.29, 0.717) is 18.2 Å². The van der Waals surface area contributed by atoms with Gasteiger partial charge in [-0.3, -0.25) is 4.79 Å². The molecule has 22 heavy (non-hydrogen) atoms. The summed E-state index contributed by atoms with van der Waals surface area (Å²) in [6.07, 6.45) is 2.92. The van der Waals surface area contributed by atoms with Gasteiger partial charge in [0.15, 0.2) is 0 Å². The summed E-state index contributed by atoms with van der Waals surface area (Å²) in [5, 5.41) is 15.8. The van der Waals surface area contributed by atoms with Gasteiger partial charge in [0.1, 0.15) is 6.61 Å². The van der Waals surface area contributed by atoms with Crippen LogP contribution in [0, 0.1) is 5.92 Å². The topological polar surface area (TPSA) is 74.2 Å². The Morgan fingerprint density at radius 2 is 2.14 bits per heavy atom. The first-order chi connectivity index (χ1) is 10.6. The fourth-order valence-corrected chi connectivity index (χ4v) is 3.04. The van der Waals surface area contributed by atoms with Gasteiger partial charge in [0.2, 0.25) is 5.91 Å². The number of nitrogens with zero attached hydrogens (tertiary/aromatic N) is 1. The second-order valence-electron chi connectivity index (χ2n) is 5.46. The first-order valence-corrected chi connectivity index (χ1v) is 8.06. The van der Waals surface area contributed by atoms with Crippen molar-refractivity contribution in [3.63, 3.8) is 0 Å². The maximum atomic E-state index is 11.2. The number of anilines is 2. The first kappa shape index (κ1) is 16.5.